The van der Waals surface area contributed by atoms with Gasteiger partial charge >= 0.3 is 0 Å². The van der Waals surface area contributed by atoms with Crippen molar-refractivity contribution in [1.82, 2.24) is 0 Å². The Bertz CT molecular complexity index is 407. The largest absolute Gasteiger partial charge is 0.383 e. The Labute approximate surface area is 87.0 Å². The number of allylic oxidation sites excluding steroid dienone is 2. The van der Waals surface area contributed by atoms with E-state index in [1.165, 1.54) is 18.2 Å². The highest BCUT2D eigenvalue weighted by atomic mass is 19.2. The van der Waals surface area contributed by atoms with Crippen LogP contribution < -0.4 is 0 Å². The molecular weight excluding hydrogens is 195 g/mol. The summed E-state index contributed by atoms with van der Waals surface area (Å²) in [6.45, 7) is 0. The zero-order valence-electron chi connectivity index (χ0n) is 7.97. The van der Waals surface area contributed by atoms with Crippen molar-refractivity contribution in [2.45, 2.75) is 12.0 Å². The highest BCUT2D eigenvalue weighted by Crippen LogP contribution is 2.34. The summed E-state index contributed by atoms with van der Waals surface area (Å²) in [7, 11) is 0. The first-order valence-electron chi connectivity index (χ1n) is 4.66. The van der Waals surface area contributed by atoms with Gasteiger partial charge in [-0.25, -0.2) is 4.39 Å². The van der Waals surface area contributed by atoms with Crippen molar-refractivity contribution in [2.24, 2.45) is 0 Å². The molecule has 2 rings (SSSR count). The Morgan fingerprint density at radius 2 is 1.87 bits per heavy atom. The molecule has 2 N–H and O–H groups in total. The van der Waals surface area contributed by atoms with Crippen LogP contribution in [-0.2, 0) is 0 Å². The smallest absolute Gasteiger partial charge is 0.263 e. The van der Waals surface area contributed by atoms with Gasteiger partial charge in [-0.3, -0.25) is 0 Å². The molecule has 0 unspecified atom stereocenters. The maximum absolute atomic E-state index is 13.8. The second-order valence-corrected chi connectivity index (χ2v) is 3.45. The molecule has 2 nitrogen and oxygen atoms in total. The molecule has 0 saturated heterocycles. The van der Waals surface area contributed by atoms with Crippen molar-refractivity contribution in [2.75, 3.05) is 0 Å². The maximum atomic E-state index is 13.8. The third kappa shape index (κ3) is 1.71. The zero-order valence-corrected chi connectivity index (χ0v) is 7.97. The fourth-order valence-corrected chi connectivity index (χ4v) is 1.58. The van der Waals surface area contributed by atoms with E-state index in [2.05, 4.69) is 0 Å². The lowest BCUT2D eigenvalue weighted by Crippen LogP contribution is -2.39. The Hall–Kier alpha value is -1.45. The van der Waals surface area contributed by atoms with Crippen LogP contribution >= 0.6 is 0 Å². The van der Waals surface area contributed by atoms with E-state index in [1.807, 2.05) is 0 Å². The molecule has 2 atom stereocenters. The van der Waals surface area contributed by atoms with Crippen LogP contribution in [0.2, 0.25) is 0 Å². The van der Waals surface area contributed by atoms with E-state index in [1.54, 1.807) is 30.3 Å². The van der Waals surface area contributed by atoms with E-state index in [4.69, 9.17) is 0 Å². The number of hydrogen-bond donors (Lipinski definition) is 2. The van der Waals surface area contributed by atoms with Gasteiger partial charge < -0.3 is 10.2 Å². The van der Waals surface area contributed by atoms with Crippen LogP contribution in [0.5, 0.6) is 0 Å². The number of hydrogen-bond acceptors (Lipinski definition) is 2. The third-order valence-electron chi connectivity index (χ3n) is 2.41. The highest BCUT2D eigenvalue weighted by Gasteiger charge is 2.40. The predicted molar refractivity (Wildman–Crippen MR) is 55.6 cm³/mol. The molecule has 78 valence electrons. The van der Waals surface area contributed by atoms with E-state index in [0.29, 0.717) is 5.56 Å². The normalized spacial score (nSPS) is 30.1. The number of alkyl halides is 1. The average molecular weight is 206 g/mol. The van der Waals surface area contributed by atoms with Crippen LogP contribution in [0, 0.1) is 0 Å². The van der Waals surface area contributed by atoms with Crippen molar-refractivity contribution < 1.29 is 14.6 Å². The van der Waals surface area contributed by atoms with Gasteiger partial charge in [0, 0.05) is 5.57 Å². The lowest BCUT2D eigenvalue weighted by atomic mass is 9.91. The molecule has 0 radical (unpaired) electrons. The van der Waals surface area contributed by atoms with Gasteiger partial charge in [0.2, 0.25) is 0 Å². The summed E-state index contributed by atoms with van der Waals surface area (Å²) in [6.07, 6.45) is 2.69. The molecule has 0 heterocycles. The maximum Gasteiger partial charge on any atom is 0.263 e. The Morgan fingerprint density at radius 3 is 2.53 bits per heavy atom. The Kier molecular flexibility index (Phi) is 2.42. The van der Waals surface area contributed by atoms with Crippen LogP contribution in [0.4, 0.5) is 4.39 Å². The monoisotopic (exact) mass is 206 g/mol. The number of benzene rings is 1. The zero-order chi connectivity index (χ0) is 10.9. The summed E-state index contributed by atoms with van der Waals surface area (Å²) >= 11 is 0. The van der Waals surface area contributed by atoms with Crippen LogP contribution in [0.25, 0.3) is 5.57 Å². The van der Waals surface area contributed by atoms with Crippen molar-refractivity contribution in [1.29, 1.82) is 0 Å². The van der Waals surface area contributed by atoms with Crippen LogP contribution in [0.3, 0.4) is 0 Å². The molecule has 0 aliphatic heterocycles. The summed E-state index contributed by atoms with van der Waals surface area (Å²) in [5.41, 5.74) is 0.643. The number of aliphatic hydroxyl groups excluding tert-OH is 1. The number of rotatable bonds is 1. The fraction of sp³-hybridized carbons (Fsp3) is 0.167. The van der Waals surface area contributed by atoms with Crippen LogP contribution in [0.15, 0.2) is 48.6 Å². The van der Waals surface area contributed by atoms with Crippen molar-refractivity contribution in [3.05, 3.63) is 54.1 Å². The van der Waals surface area contributed by atoms with Crippen LogP contribution in [-0.4, -0.2) is 22.2 Å². The van der Waals surface area contributed by atoms with E-state index >= 15 is 0 Å². The number of halogens is 1. The SMILES string of the molecule is O[C@@H]1C=CC=C(c2ccccc2)[C@]1(O)F. The quantitative estimate of drug-likeness (QED) is 0.733. The molecular formula is C12H11FO2. The molecule has 1 aromatic rings. The lowest BCUT2D eigenvalue weighted by molar-refractivity contribution is -0.105. The average Bonchev–Trinajstić information content (AvgIpc) is 2.23. The van der Waals surface area contributed by atoms with Crippen molar-refractivity contribution >= 4 is 5.57 Å². The van der Waals surface area contributed by atoms with Gasteiger partial charge in [-0.1, -0.05) is 48.6 Å². The molecule has 0 aromatic heterocycles. The minimum absolute atomic E-state index is 0.0816. The summed E-state index contributed by atoms with van der Waals surface area (Å²) in [6, 6.07) is 8.66. The summed E-state index contributed by atoms with van der Waals surface area (Å²) < 4.78 is 13.8. The summed E-state index contributed by atoms with van der Waals surface area (Å²) in [5.74, 6) is -2.71. The summed E-state index contributed by atoms with van der Waals surface area (Å²) in [4.78, 5) is 0. The molecule has 15 heavy (non-hydrogen) atoms. The van der Waals surface area contributed by atoms with Gasteiger partial charge in [-0.2, -0.15) is 0 Å². The third-order valence-corrected chi connectivity index (χ3v) is 2.41. The Morgan fingerprint density at radius 1 is 1.20 bits per heavy atom. The molecule has 3 heteroatoms. The molecule has 0 fully saturated rings. The minimum Gasteiger partial charge on any atom is -0.383 e. The molecule has 0 amide bonds. The molecule has 1 aliphatic rings. The summed E-state index contributed by atoms with van der Waals surface area (Å²) in [5, 5.41) is 18.8. The van der Waals surface area contributed by atoms with Gasteiger partial charge in [0.25, 0.3) is 5.85 Å². The van der Waals surface area contributed by atoms with Crippen molar-refractivity contribution in [3.63, 3.8) is 0 Å². The second kappa shape index (κ2) is 3.61. The van der Waals surface area contributed by atoms with E-state index in [9.17, 15) is 14.6 Å². The molecule has 1 aromatic carbocycles. The van der Waals surface area contributed by atoms with E-state index < -0.39 is 12.0 Å². The first kappa shape index (κ1) is 10.1. The molecule has 0 spiro atoms. The van der Waals surface area contributed by atoms with E-state index in [-0.39, 0.29) is 5.57 Å². The number of aliphatic hydroxyl groups is 2. The van der Waals surface area contributed by atoms with Gasteiger partial charge in [0.05, 0.1) is 0 Å². The molecule has 0 bridgehead atoms. The van der Waals surface area contributed by atoms with Gasteiger partial charge in [0.1, 0.15) is 6.10 Å². The standard InChI is InChI=1S/C12H11FO2/c13-12(15)10(7-4-8-11(12)14)9-5-2-1-3-6-9/h1-8,11,14-15H/t11-,12-/m1/s1. The highest BCUT2D eigenvalue weighted by molar-refractivity contribution is 5.74. The molecule has 1 aliphatic carbocycles. The Balaban J connectivity index is 2.45. The lowest BCUT2D eigenvalue weighted by Gasteiger charge is -2.28. The minimum atomic E-state index is -2.71. The molecule has 0 saturated carbocycles. The van der Waals surface area contributed by atoms with Crippen LogP contribution in [0.1, 0.15) is 5.56 Å². The second-order valence-electron chi connectivity index (χ2n) is 3.45. The first-order chi connectivity index (χ1) is 7.12. The first-order valence-corrected chi connectivity index (χ1v) is 4.66. The van der Waals surface area contributed by atoms with Gasteiger partial charge in [0.15, 0.2) is 0 Å². The van der Waals surface area contributed by atoms with Crippen molar-refractivity contribution in [3.8, 4) is 0 Å². The predicted octanol–water partition coefficient (Wildman–Crippen LogP) is 1.66. The topological polar surface area (TPSA) is 40.5 Å². The van der Waals surface area contributed by atoms with Gasteiger partial charge in [-0.15, -0.1) is 0 Å². The fourth-order valence-electron chi connectivity index (χ4n) is 1.58. The van der Waals surface area contributed by atoms with E-state index in [0.717, 1.165) is 0 Å². The van der Waals surface area contributed by atoms with Gasteiger partial charge in [-0.05, 0) is 5.56 Å².